The standard InChI is InChI=1S/C29H31F3N2/c1-5-22-21-13-9-11-15-24(21)34-26-18-20(29(30,31)32)16-17-25(26)33(23-14-10-8-12-19(23)4)27(34)28(22,6-2)7-3/h8-18,22,27H,5-7H2,1-4H3. The minimum Gasteiger partial charge on any atom is -0.317 e. The fourth-order valence-electron chi connectivity index (χ4n) is 6.57. The van der Waals surface area contributed by atoms with E-state index < -0.39 is 11.7 Å². The van der Waals surface area contributed by atoms with Gasteiger partial charge in [0.05, 0.1) is 16.9 Å². The summed E-state index contributed by atoms with van der Waals surface area (Å²) in [5.41, 5.74) is 5.16. The van der Waals surface area contributed by atoms with Crippen LogP contribution in [0.25, 0.3) is 0 Å². The van der Waals surface area contributed by atoms with Gasteiger partial charge in [0.2, 0.25) is 0 Å². The molecule has 3 aromatic rings. The highest BCUT2D eigenvalue weighted by molar-refractivity contribution is 5.91. The predicted molar refractivity (Wildman–Crippen MR) is 133 cm³/mol. The molecule has 3 aromatic carbocycles. The number of anilines is 4. The average molecular weight is 465 g/mol. The van der Waals surface area contributed by atoms with E-state index in [2.05, 4.69) is 67.8 Å². The van der Waals surface area contributed by atoms with Gasteiger partial charge < -0.3 is 9.80 Å². The maximum absolute atomic E-state index is 13.8. The van der Waals surface area contributed by atoms with Crippen molar-refractivity contribution in [3.8, 4) is 0 Å². The largest absolute Gasteiger partial charge is 0.416 e. The summed E-state index contributed by atoms with van der Waals surface area (Å²) < 4.78 is 41.5. The van der Waals surface area contributed by atoms with Crippen LogP contribution in [0, 0.1) is 12.3 Å². The summed E-state index contributed by atoms with van der Waals surface area (Å²) in [7, 11) is 0. The molecular weight excluding hydrogens is 433 g/mol. The Kier molecular flexibility index (Phi) is 5.42. The summed E-state index contributed by atoms with van der Waals surface area (Å²) in [5, 5.41) is 0. The second-order valence-corrected chi connectivity index (χ2v) is 9.56. The van der Waals surface area contributed by atoms with Gasteiger partial charge in [0.25, 0.3) is 0 Å². The van der Waals surface area contributed by atoms with Gasteiger partial charge >= 0.3 is 6.18 Å². The third kappa shape index (κ3) is 3.09. The molecule has 5 rings (SSSR count). The molecule has 0 saturated carbocycles. The number of benzene rings is 3. The molecule has 0 saturated heterocycles. The van der Waals surface area contributed by atoms with Crippen LogP contribution in [0.2, 0.25) is 0 Å². The fourth-order valence-corrected chi connectivity index (χ4v) is 6.57. The van der Waals surface area contributed by atoms with Gasteiger partial charge in [-0.3, -0.25) is 0 Å². The molecule has 34 heavy (non-hydrogen) atoms. The average Bonchev–Trinajstić information content (AvgIpc) is 3.18. The first-order valence-electron chi connectivity index (χ1n) is 12.2. The van der Waals surface area contributed by atoms with E-state index in [4.69, 9.17) is 0 Å². The second-order valence-electron chi connectivity index (χ2n) is 9.56. The lowest BCUT2D eigenvalue weighted by Gasteiger charge is -2.55. The molecule has 0 amide bonds. The van der Waals surface area contributed by atoms with Crippen molar-refractivity contribution >= 4 is 22.7 Å². The summed E-state index contributed by atoms with van der Waals surface area (Å²) >= 11 is 0. The lowest BCUT2D eigenvalue weighted by molar-refractivity contribution is -0.137. The van der Waals surface area contributed by atoms with Crippen LogP contribution < -0.4 is 9.80 Å². The SMILES string of the molecule is CCC1c2ccccc2N2c3cc(C(F)(F)F)ccc3N(c3ccccc3C)C2C1(CC)CC. The first-order chi connectivity index (χ1) is 16.3. The minimum atomic E-state index is -4.39. The molecule has 0 N–H and O–H groups in total. The number of rotatable bonds is 4. The van der Waals surface area contributed by atoms with Gasteiger partial charge in [-0.1, -0.05) is 57.2 Å². The van der Waals surface area contributed by atoms with Gasteiger partial charge in [0, 0.05) is 16.8 Å². The first-order valence-corrected chi connectivity index (χ1v) is 12.2. The Morgan fingerprint density at radius 2 is 1.38 bits per heavy atom. The molecule has 2 atom stereocenters. The predicted octanol–water partition coefficient (Wildman–Crippen LogP) is 8.94. The molecule has 0 radical (unpaired) electrons. The third-order valence-corrected chi connectivity index (χ3v) is 8.19. The highest BCUT2D eigenvalue weighted by Crippen LogP contribution is 2.63. The summed E-state index contributed by atoms with van der Waals surface area (Å²) in [5.74, 6) is 0.308. The molecule has 0 fully saturated rings. The number of hydrogen-bond acceptors (Lipinski definition) is 2. The molecule has 2 aliphatic heterocycles. The van der Waals surface area contributed by atoms with Crippen LogP contribution >= 0.6 is 0 Å². The third-order valence-electron chi connectivity index (χ3n) is 8.19. The number of halogens is 3. The maximum Gasteiger partial charge on any atom is 0.416 e. The van der Waals surface area contributed by atoms with Crippen molar-refractivity contribution in [3.63, 3.8) is 0 Å². The number of para-hydroxylation sites is 2. The molecule has 178 valence electrons. The lowest BCUT2D eigenvalue weighted by Crippen LogP contribution is -2.57. The summed E-state index contributed by atoms with van der Waals surface area (Å²) in [6.45, 7) is 8.78. The van der Waals surface area contributed by atoms with Gasteiger partial charge in [-0.2, -0.15) is 13.2 Å². The normalized spacial score (nSPS) is 20.7. The molecule has 2 heterocycles. The fraction of sp³-hybridized carbons (Fsp3) is 0.379. The van der Waals surface area contributed by atoms with Crippen LogP contribution in [0.15, 0.2) is 66.7 Å². The minimum absolute atomic E-state index is 0.109. The van der Waals surface area contributed by atoms with Gasteiger partial charge in [-0.05, 0) is 73.6 Å². The summed E-state index contributed by atoms with van der Waals surface area (Å²) in [4.78, 5) is 4.52. The summed E-state index contributed by atoms with van der Waals surface area (Å²) in [6.07, 6.45) is -1.66. The van der Waals surface area contributed by atoms with E-state index in [1.807, 2.05) is 18.2 Å². The monoisotopic (exact) mass is 464 g/mol. The van der Waals surface area contributed by atoms with E-state index in [0.29, 0.717) is 11.6 Å². The Balaban J connectivity index is 1.87. The van der Waals surface area contributed by atoms with Crippen molar-refractivity contribution in [3.05, 3.63) is 83.4 Å². The zero-order valence-corrected chi connectivity index (χ0v) is 20.2. The topological polar surface area (TPSA) is 6.48 Å². The zero-order valence-electron chi connectivity index (χ0n) is 20.2. The van der Waals surface area contributed by atoms with Crippen molar-refractivity contribution in [1.82, 2.24) is 0 Å². The lowest BCUT2D eigenvalue weighted by atomic mass is 9.62. The first kappa shape index (κ1) is 22.8. The van der Waals surface area contributed by atoms with Gasteiger partial charge in [0.15, 0.2) is 0 Å². The van der Waals surface area contributed by atoms with Crippen molar-refractivity contribution in [2.75, 3.05) is 9.80 Å². The number of alkyl halides is 3. The zero-order chi connectivity index (χ0) is 24.3. The van der Waals surface area contributed by atoms with E-state index >= 15 is 0 Å². The molecule has 0 aliphatic carbocycles. The van der Waals surface area contributed by atoms with Gasteiger partial charge in [0.1, 0.15) is 6.17 Å². The van der Waals surface area contributed by atoms with E-state index in [9.17, 15) is 13.2 Å². The van der Waals surface area contributed by atoms with E-state index in [1.54, 1.807) is 6.07 Å². The molecule has 0 bridgehead atoms. The second kappa shape index (κ2) is 8.07. The van der Waals surface area contributed by atoms with Gasteiger partial charge in [-0.15, -0.1) is 0 Å². The van der Waals surface area contributed by atoms with Crippen molar-refractivity contribution in [1.29, 1.82) is 0 Å². The highest BCUT2D eigenvalue weighted by atomic mass is 19.4. The molecular formula is C29H31F3N2. The van der Waals surface area contributed by atoms with Crippen LogP contribution in [0.3, 0.4) is 0 Å². The van der Waals surface area contributed by atoms with Crippen LogP contribution in [0.5, 0.6) is 0 Å². The molecule has 0 aromatic heterocycles. The number of aryl methyl sites for hydroxylation is 1. The van der Waals surface area contributed by atoms with E-state index in [-0.39, 0.29) is 11.6 Å². The number of nitrogens with zero attached hydrogens (tertiary/aromatic N) is 2. The molecule has 2 aliphatic rings. The van der Waals surface area contributed by atoms with E-state index in [0.717, 1.165) is 41.9 Å². The Labute approximate surface area is 200 Å². The Bertz CT molecular complexity index is 1210. The Hall–Kier alpha value is -2.95. The van der Waals surface area contributed by atoms with E-state index in [1.165, 1.54) is 17.7 Å². The molecule has 2 nitrogen and oxygen atoms in total. The quantitative estimate of drug-likeness (QED) is 0.380. The number of fused-ring (bicyclic) bond motifs is 5. The molecule has 0 spiro atoms. The number of hydrogen-bond donors (Lipinski definition) is 0. The van der Waals surface area contributed by atoms with Crippen LogP contribution in [0.4, 0.5) is 35.9 Å². The molecule has 5 heteroatoms. The van der Waals surface area contributed by atoms with Crippen LogP contribution in [-0.2, 0) is 6.18 Å². The smallest absolute Gasteiger partial charge is 0.317 e. The van der Waals surface area contributed by atoms with Gasteiger partial charge in [-0.25, -0.2) is 0 Å². The Morgan fingerprint density at radius 1 is 0.765 bits per heavy atom. The van der Waals surface area contributed by atoms with Crippen molar-refractivity contribution in [2.24, 2.45) is 5.41 Å². The highest BCUT2D eigenvalue weighted by Gasteiger charge is 2.57. The van der Waals surface area contributed by atoms with Crippen LogP contribution in [-0.4, -0.2) is 6.17 Å². The van der Waals surface area contributed by atoms with Crippen molar-refractivity contribution < 1.29 is 13.2 Å². The van der Waals surface area contributed by atoms with Crippen molar-refractivity contribution in [2.45, 2.75) is 65.2 Å². The maximum atomic E-state index is 13.8. The molecule has 2 unspecified atom stereocenters. The Morgan fingerprint density at radius 3 is 2.00 bits per heavy atom. The van der Waals surface area contributed by atoms with Crippen LogP contribution in [0.1, 0.15) is 62.6 Å². The summed E-state index contributed by atoms with van der Waals surface area (Å²) in [6, 6.07) is 20.7.